The van der Waals surface area contributed by atoms with Gasteiger partial charge >= 0.3 is 0 Å². The fourth-order valence-electron chi connectivity index (χ4n) is 1.76. The second-order valence-electron chi connectivity index (χ2n) is 4.25. The Morgan fingerprint density at radius 1 is 1.40 bits per heavy atom. The molecule has 0 aliphatic carbocycles. The summed E-state index contributed by atoms with van der Waals surface area (Å²) < 4.78 is 7.02. The van der Waals surface area contributed by atoms with Gasteiger partial charge < -0.3 is 15.8 Å². The van der Waals surface area contributed by atoms with Gasteiger partial charge in [0.05, 0.1) is 25.0 Å². The first-order chi connectivity index (χ1) is 9.69. The highest BCUT2D eigenvalue weighted by Crippen LogP contribution is 2.11. The van der Waals surface area contributed by atoms with Crippen molar-refractivity contribution in [3.05, 3.63) is 42.2 Å². The molecule has 6 heteroatoms. The summed E-state index contributed by atoms with van der Waals surface area (Å²) in [6, 6.07) is 7.05. The normalized spacial score (nSPS) is 10.2. The van der Waals surface area contributed by atoms with Gasteiger partial charge in [0.15, 0.2) is 0 Å². The number of benzene rings is 1. The molecule has 1 amide bonds. The van der Waals surface area contributed by atoms with Gasteiger partial charge in [-0.15, -0.1) is 0 Å². The van der Waals surface area contributed by atoms with E-state index in [2.05, 4.69) is 10.4 Å². The van der Waals surface area contributed by atoms with E-state index in [9.17, 15) is 4.79 Å². The molecule has 0 radical (unpaired) electrons. The first kappa shape index (κ1) is 13.9. The molecule has 0 aliphatic heterocycles. The van der Waals surface area contributed by atoms with Gasteiger partial charge in [-0.2, -0.15) is 5.10 Å². The molecule has 1 heterocycles. The maximum absolute atomic E-state index is 11.9. The van der Waals surface area contributed by atoms with Gasteiger partial charge in [-0.05, 0) is 31.2 Å². The molecule has 1 aromatic carbocycles. The summed E-state index contributed by atoms with van der Waals surface area (Å²) in [7, 11) is 0. The van der Waals surface area contributed by atoms with Crippen LogP contribution < -0.4 is 15.8 Å². The number of nitrogens with zero attached hydrogens (tertiary/aromatic N) is 2. The minimum atomic E-state index is -0.117. The molecule has 0 aliphatic rings. The quantitative estimate of drug-likeness (QED) is 0.831. The number of hydrogen-bond acceptors (Lipinski definition) is 4. The van der Waals surface area contributed by atoms with E-state index < -0.39 is 0 Å². The van der Waals surface area contributed by atoms with Crippen LogP contribution in [0.15, 0.2) is 36.7 Å². The molecule has 0 fully saturated rings. The highest BCUT2D eigenvalue weighted by atomic mass is 16.5. The average molecular weight is 274 g/mol. The second kappa shape index (κ2) is 6.60. The van der Waals surface area contributed by atoms with E-state index in [1.807, 2.05) is 6.92 Å². The van der Waals surface area contributed by atoms with Crippen molar-refractivity contribution in [1.29, 1.82) is 0 Å². The molecule has 20 heavy (non-hydrogen) atoms. The number of anilines is 1. The maximum Gasteiger partial charge on any atom is 0.251 e. The van der Waals surface area contributed by atoms with Gasteiger partial charge in [0, 0.05) is 18.3 Å². The topological polar surface area (TPSA) is 82.2 Å². The van der Waals surface area contributed by atoms with Crippen LogP contribution >= 0.6 is 0 Å². The Bertz CT molecular complexity index is 563. The van der Waals surface area contributed by atoms with Crippen LogP contribution in [0.4, 0.5) is 5.69 Å². The van der Waals surface area contributed by atoms with Gasteiger partial charge in [0.25, 0.3) is 5.91 Å². The summed E-state index contributed by atoms with van der Waals surface area (Å²) >= 11 is 0. The Balaban J connectivity index is 1.82. The number of nitrogens with two attached hydrogens (primary N) is 1. The van der Waals surface area contributed by atoms with Crippen molar-refractivity contribution in [2.45, 2.75) is 13.5 Å². The van der Waals surface area contributed by atoms with Gasteiger partial charge in [-0.1, -0.05) is 0 Å². The zero-order chi connectivity index (χ0) is 14.4. The Morgan fingerprint density at radius 3 is 2.75 bits per heavy atom. The third-order valence-corrected chi connectivity index (χ3v) is 2.71. The Hall–Kier alpha value is -2.50. The third kappa shape index (κ3) is 3.74. The Morgan fingerprint density at radius 2 is 2.15 bits per heavy atom. The fourth-order valence-corrected chi connectivity index (χ4v) is 1.76. The highest BCUT2D eigenvalue weighted by Gasteiger charge is 2.05. The molecule has 0 spiro atoms. The van der Waals surface area contributed by atoms with Crippen LogP contribution in [0.25, 0.3) is 0 Å². The minimum absolute atomic E-state index is 0.117. The van der Waals surface area contributed by atoms with Crippen LogP contribution in [0.3, 0.4) is 0 Å². The van der Waals surface area contributed by atoms with Gasteiger partial charge in [-0.25, -0.2) is 0 Å². The van der Waals surface area contributed by atoms with Crippen molar-refractivity contribution < 1.29 is 9.53 Å². The fraction of sp³-hybridized carbons (Fsp3) is 0.286. The van der Waals surface area contributed by atoms with Gasteiger partial charge in [0.1, 0.15) is 5.75 Å². The van der Waals surface area contributed by atoms with Crippen LogP contribution in [-0.4, -0.2) is 28.8 Å². The Kier molecular flexibility index (Phi) is 4.60. The molecule has 0 saturated heterocycles. The summed E-state index contributed by atoms with van der Waals surface area (Å²) in [5, 5.41) is 6.87. The summed E-state index contributed by atoms with van der Waals surface area (Å²) in [6.45, 7) is 3.61. The van der Waals surface area contributed by atoms with Crippen LogP contribution in [0.5, 0.6) is 5.75 Å². The standard InChI is InChI=1S/C14H18N4O2/c1-2-20-13-5-3-11(4-6-13)14(19)16-7-8-18-10-12(15)9-17-18/h3-6,9-10H,2,7-8,15H2,1H3,(H,16,19). The van der Waals surface area contributed by atoms with E-state index in [0.717, 1.165) is 5.75 Å². The van der Waals surface area contributed by atoms with Crippen molar-refractivity contribution in [3.8, 4) is 5.75 Å². The first-order valence-corrected chi connectivity index (χ1v) is 6.48. The van der Waals surface area contributed by atoms with E-state index in [4.69, 9.17) is 10.5 Å². The molecule has 2 aromatic rings. The maximum atomic E-state index is 11.9. The van der Waals surface area contributed by atoms with E-state index >= 15 is 0 Å². The monoisotopic (exact) mass is 274 g/mol. The lowest BCUT2D eigenvalue weighted by molar-refractivity contribution is 0.0952. The van der Waals surface area contributed by atoms with E-state index in [-0.39, 0.29) is 5.91 Å². The van der Waals surface area contributed by atoms with E-state index in [0.29, 0.717) is 30.9 Å². The molecular formula is C14H18N4O2. The molecule has 0 bridgehead atoms. The summed E-state index contributed by atoms with van der Waals surface area (Å²) in [6.07, 6.45) is 3.30. The van der Waals surface area contributed by atoms with Crippen molar-refractivity contribution in [2.75, 3.05) is 18.9 Å². The summed E-state index contributed by atoms with van der Waals surface area (Å²) in [4.78, 5) is 11.9. The van der Waals surface area contributed by atoms with Crippen LogP contribution in [-0.2, 0) is 6.54 Å². The SMILES string of the molecule is CCOc1ccc(C(=O)NCCn2cc(N)cn2)cc1. The number of rotatable bonds is 6. The van der Waals surface area contributed by atoms with E-state index in [1.165, 1.54) is 0 Å². The molecule has 6 nitrogen and oxygen atoms in total. The van der Waals surface area contributed by atoms with E-state index in [1.54, 1.807) is 41.3 Å². The third-order valence-electron chi connectivity index (χ3n) is 2.71. The molecule has 3 N–H and O–H groups in total. The first-order valence-electron chi connectivity index (χ1n) is 6.48. The molecule has 106 valence electrons. The highest BCUT2D eigenvalue weighted by molar-refractivity contribution is 5.94. The molecule has 0 atom stereocenters. The molecular weight excluding hydrogens is 256 g/mol. The largest absolute Gasteiger partial charge is 0.494 e. The average Bonchev–Trinajstić information content (AvgIpc) is 2.85. The zero-order valence-electron chi connectivity index (χ0n) is 11.4. The predicted octanol–water partition coefficient (Wildman–Crippen LogP) is 1.29. The number of amides is 1. The van der Waals surface area contributed by atoms with Crippen LogP contribution in [0.1, 0.15) is 17.3 Å². The van der Waals surface area contributed by atoms with Crippen LogP contribution in [0.2, 0.25) is 0 Å². The lowest BCUT2D eigenvalue weighted by atomic mass is 10.2. The van der Waals surface area contributed by atoms with Crippen LogP contribution in [0, 0.1) is 0 Å². The second-order valence-corrected chi connectivity index (χ2v) is 4.25. The van der Waals surface area contributed by atoms with Crippen molar-refractivity contribution in [1.82, 2.24) is 15.1 Å². The predicted molar refractivity (Wildman–Crippen MR) is 76.6 cm³/mol. The number of ether oxygens (including phenoxy) is 1. The Labute approximate surface area is 117 Å². The molecule has 0 saturated carbocycles. The molecule has 1 aromatic heterocycles. The summed E-state index contributed by atoms with van der Waals surface area (Å²) in [5.41, 5.74) is 6.78. The number of carbonyl (C=O) groups is 1. The lowest BCUT2D eigenvalue weighted by Crippen LogP contribution is -2.27. The molecule has 2 rings (SSSR count). The number of nitrogen functional groups attached to an aromatic ring is 1. The van der Waals surface area contributed by atoms with Gasteiger partial charge in [0.2, 0.25) is 0 Å². The lowest BCUT2D eigenvalue weighted by Gasteiger charge is -2.07. The number of hydrogen-bond donors (Lipinski definition) is 2. The van der Waals surface area contributed by atoms with Crippen molar-refractivity contribution in [3.63, 3.8) is 0 Å². The minimum Gasteiger partial charge on any atom is -0.494 e. The number of aromatic nitrogens is 2. The number of carbonyl (C=O) groups excluding carboxylic acids is 1. The van der Waals surface area contributed by atoms with Gasteiger partial charge in [-0.3, -0.25) is 9.48 Å². The summed E-state index contributed by atoms with van der Waals surface area (Å²) in [5.74, 6) is 0.643. The zero-order valence-corrected chi connectivity index (χ0v) is 11.4. The number of nitrogens with one attached hydrogen (secondary N) is 1. The van der Waals surface area contributed by atoms with Crippen molar-refractivity contribution >= 4 is 11.6 Å². The van der Waals surface area contributed by atoms with Crippen molar-refractivity contribution in [2.24, 2.45) is 0 Å². The smallest absolute Gasteiger partial charge is 0.251 e. The molecule has 0 unspecified atom stereocenters.